The van der Waals surface area contributed by atoms with Crippen LogP contribution in [0.2, 0.25) is 0 Å². The molecule has 4 aromatic carbocycles. The molecule has 0 bridgehead atoms. The summed E-state index contributed by atoms with van der Waals surface area (Å²) in [4.78, 5) is 32.2. The Bertz CT molecular complexity index is 2060. The zero-order chi connectivity index (χ0) is 30.4. The minimum atomic E-state index is -0.518. The molecule has 1 saturated carbocycles. The van der Waals surface area contributed by atoms with Crippen molar-refractivity contribution in [2.45, 2.75) is 37.8 Å². The lowest BCUT2D eigenvalue weighted by Gasteiger charge is -2.30. The number of esters is 1. The molecule has 222 valence electrons. The van der Waals surface area contributed by atoms with Gasteiger partial charge in [-0.25, -0.2) is 9.37 Å². The van der Waals surface area contributed by atoms with Crippen molar-refractivity contribution in [2.75, 3.05) is 11.9 Å². The van der Waals surface area contributed by atoms with Gasteiger partial charge in [0.2, 0.25) is 0 Å². The summed E-state index contributed by atoms with van der Waals surface area (Å²) in [5.41, 5.74) is 17.3. The Labute approximate surface area is 252 Å². The number of H-pyrrole nitrogens is 1. The van der Waals surface area contributed by atoms with Crippen molar-refractivity contribution in [3.05, 3.63) is 90.2 Å². The molecule has 9 nitrogen and oxygen atoms in total. The minimum absolute atomic E-state index is 0.0823. The van der Waals surface area contributed by atoms with E-state index < -0.39 is 11.9 Å². The van der Waals surface area contributed by atoms with Crippen LogP contribution in [0.25, 0.3) is 49.9 Å². The fraction of sp³-hybridized carbons (Fsp3) is 0.206. The second kappa shape index (κ2) is 11.1. The molecule has 44 heavy (non-hydrogen) atoms. The first-order chi connectivity index (χ1) is 21.4. The van der Waals surface area contributed by atoms with Crippen LogP contribution in [0.15, 0.2) is 78.9 Å². The topological polar surface area (TPSA) is 141 Å². The van der Waals surface area contributed by atoms with Crippen molar-refractivity contribution in [3.63, 3.8) is 0 Å². The molecule has 0 saturated heterocycles. The third-order valence-electron chi connectivity index (χ3n) is 8.42. The largest absolute Gasteiger partial charge is 0.461 e. The molecule has 7 rings (SSSR count). The molecule has 2 aromatic heterocycles. The summed E-state index contributed by atoms with van der Waals surface area (Å²) in [6, 6.07) is 24.4. The molecule has 10 heteroatoms. The number of halogens is 1. The zero-order valence-electron chi connectivity index (χ0n) is 23.8. The van der Waals surface area contributed by atoms with Gasteiger partial charge in [-0.1, -0.05) is 30.3 Å². The molecular weight excluding hydrogens is 559 g/mol. The van der Waals surface area contributed by atoms with E-state index in [0.717, 1.165) is 45.9 Å². The SMILES string of the molecule is NCC(=O)OC1CCC(Nc2cc(-n3c4ccccc4c4c(-c5nc6ccc(F)cc6[nH]5)cccc43)ccc2C(N)=O)CC1. The van der Waals surface area contributed by atoms with Gasteiger partial charge < -0.3 is 31.1 Å². The summed E-state index contributed by atoms with van der Waals surface area (Å²) >= 11 is 0. The quantitative estimate of drug-likeness (QED) is 0.174. The van der Waals surface area contributed by atoms with Gasteiger partial charge in [-0.15, -0.1) is 0 Å². The first kappa shape index (κ1) is 27.6. The van der Waals surface area contributed by atoms with Crippen LogP contribution >= 0.6 is 0 Å². The number of para-hydroxylation sites is 1. The van der Waals surface area contributed by atoms with E-state index in [1.165, 1.54) is 12.1 Å². The number of imidazole rings is 1. The number of primary amides is 1. The Kier molecular flexibility index (Phi) is 6.98. The van der Waals surface area contributed by atoms with Gasteiger partial charge in [0.15, 0.2) is 0 Å². The minimum Gasteiger partial charge on any atom is -0.461 e. The van der Waals surface area contributed by atoms with Gasteiger partial charge in [-0.3, -0.25) is 9.59 Å². The first-order valence-electron chi connectivity index (χ1n) is 14.7. The smallest absolute Gasteiger partial charge is 0.319 e. The van der Waals surface area contributed by atoms with Crippen LogP contribution < -0.4 is 16.8 Å². The second-order valence-corrected chi connectivity index (χ2v) is 11.2. The Morgan fingerprint density at radius 2 is 1.77 bits per heavy atom. The number of fused-ring (bicyclic) bond motifs is 4. The van der Waals surface area contributed by atoms with Crippen molar-refractivity contribution in [3.8, 4) is 17.1 Å². The summed E-state index contributed by atoms with van der Waals surface area (Å²) < 4.78 is 21.5. The number of nitrogens with one attached hydrogen (secondary N) is 2. The number of hydrogen-bond acceptors (Lipinski definition) is 6. The van der Waals surface area contributed by atoms with Gasteiger partial charge >= 0.3 is 5.97 Å². The molecule has 0 spiro atoms. The second-order valence-electron chi connectivity index (χ2n) is 11.2. The molecular formula is C34H31FN6O3. The van der Waals surface area contributed by atoms with E-state index in [-0.39, 0.29) is 24.5 Å². The third-order valence-corrected chi connectivity index (χ3v) is 8.42. The number of hydrogen-bond donors (Lipinski definition) is 4. The maximum absolute atomic E-state index is 13.9. The lowest BCUT2D eigenvalue weighted by Crippen LogP contribution is -2.33. The summed E-state index contributed by atoms with van der Waals surface area (Å²) in [6.07, 6.45) is 2.80. The van der Waals surface area contributed by atoms with E-state index in [4.69, 9.17) is 21.2 Å². The fourth-order valence-electron chi connectivity index (χ4n) is 6.39. The van der Waals surface area contributed by atoms with Gasteiger partial charge in [0.1, 0.15) is 17.7 Å². The van der Waals surface area contributed by atoms with Crippen molar-refractivity contribution in [1.82, 2.24) is 14.5 Å². The summed E-state index contributed by atoms with van der Waals surface area (Å²) in [5, 5.41) is 5.58. The van der Waals surface area contributed by atoms with Crippen LogP contribution in [-0.4, -0.2) is 45.1 Å². The van der Waals surface area contributed by atoms with E-state index >= 15 is 0 Å². The average molecular weight is 591 g/mol. The Balaban J connectivity index is 1.30. The summed E-state index contributed by atoms with van der Waals surface area (Å²) in [5.74, 6) is -0.586. The van der Waals surface area contributed by atoms with Crippen LogP contribution in [0.3, 0.4) is 0 Å². The fourth-order valence-corrected chi connectivity index (χ4v) is 6.39. The Morgan fingerprint density at radius 1 is 0.977 bits per heavy atom. The van der Waals surface area contributed by atoms with E-state index in [2.05, 4.69) is 33.1 Å². The molecule has 2 heterocycles. The van der Waals surface area contributed by atoms with Crippen LogP contribution in [0.1, 0.15) is 36.0 Å². The highest BCUT2D eigenvalue weighted by molar-refractivity contribution is 6.15. The van der Waals surface area contributed by atoms with Crippen LogP contribution in [-0.2, 0) is 9.53 Å². The van der Waals surface area contributed by atoms with Crippen molar-refractivity contribution < 1.29 is 18.7 Å². The standard InChI is InChI=1S/C34H31FN6O3/c35-19-8-15-26-28(16-19)40-34(39-26)25-5-3-7-30-32(25)24-4-1-2-6-29(24)41(30)21-11-14-23(33(37)43)27(17-21)38-20-9-12-22(13-10-20)44-31(42)18-36/h1-8,11,14-17,20,22,38H,9-10,12-13,18,36H2,(H2,37,43)(H,39,40). The molecule has 1 fully saturated rings. The molecule has 0 unspecified atom stereocenters. The molecule has 1 aliphatic carbocycles. The maximum atomic E-state index is 13.9. The van der Waals surface area contributed by atoms with Crippen molar-refractivity contribution in [2.24, 2.45) is 11.5 Å². The number of aromatic amines is 1. The molecule has 0 aliphatic heterocycles. The molecule has 1 aliphatic rings. The van der Waals surface area contributed by atoms with E-state index in [0.29, 0.717) is 41.0 Å². The monoisotopic (exact) mass is 590 g/mol. The normalized spacial score (nSPS) is 16.9. The number of benzene rings is 4. The first-order valence-corrected chi connectivity index (χ1v) is 14.7. The number of carbonyl (C=O) groups excluding carboxylic acids is 2. The van der Waals surface area contributed by atoms with E-state index in [1.54, 1.807) is 12.1 Å². The zero-order valence-corrected chi connectivity index (χ0v) is 23.8. The van der Waals surface area contributed by atoms with Gasteiger partial charge in [0.25, 0.3) is 5.91 Å². The molecule has 0 radical (unpaired) electrons. The van der Waals surface area contributed by atoms with Crippen molar-refractivity contribution >= 4 is 50.4 Å². The van der Waals surface area contributed by atoms with Gasteiger partial charge in [0.05, 0.1) is 34.2 Å². The number of amides is 1. The van der Waals surface area contributed by atoms with E-state index in [1.807, 2.05) is 36.4 Å². The number of aromatic nitrogens is 3. The van der Waals surface area contributed by atoms with Crippen LogP contribution in [0.4, 0.5) is 10.1 Å². The number of carbonyl (C=O) groups is 2. The number of rotatable bonds is 7. The molecule has 6 aromatic rings. The highest BCUT2D eigenvalue weighted by Gasteiger charge is 2.25. The molecule has 6 N–H and O–H groups in total. The predicted octanol–water partition coefficient (Wildman–Crippen LogP) is 5.79. The van der Waals surface area contributed by atoms with Gasteiger partial charge in [0, 0.05) is 33.8 Å². The van der Waals surface area contributed by atoms with Crippen molar-refractivity contribution in [1.29, 1.82) is 0 Å². The summed E-state index contributed by atoms with van der Waals surface area (Å²) in [6.45, 7) is -0.130. The number of ether oxygens (including phenoxy) is 1. The predicted molar refractivity (Wildman–Crippen MR) is 169 cm³/mol. The lowest BCUT2D eigenvalue weighted by atomic mass is 9.92. The van der Waals surface area contributed by atoms with Gasteiger partial charge in [-0.05, 0) is 74.2 Å². The molecule has 1 amide bonds. The lowest BCUT2D eigenvalue weighted by molar-refractivity contribution is -0.148. The highest BCUT2D eigenvalue weighted by atomic mass is 19.1. The van der Waals surface area contributed by atoms with Crippen LogP contribution in [0, 0.1) is 5.82 Å². The number of nitrogens with two attached hydrogens (primary N) is 2. The van der Waals surface area contributed by atoms with E-state index in [9.17, 15) is 14.0 Å². The average Bonchev–Trinajstić information content (AvgIpc) is 3.60. The Hall–Kier alpha value is -5.22. The number of anilines is 1. The maximum Gasteiger partial charge on any atom is 0.319 e. The van der Waals surface area contributed by atoms with Gasteiger partial charge in [-0.2, -0.15) is 0 Å². The molecule has 0 atom stereocenters. The highest BCUT2D eigenvalue weighted by Crippen LogP contribution is 2.39. The summed E-state index contributed by atoms with van der Waals surface area (Å²) in [7, 11) is 0. The Morgan fingerprint density at radius 3 is 2.57 bits per heavy atom. The number of nitrogens with zero attached hydrogens (tertiary/aromatic N) is 2. The third kappa shape index (κ3) is 4.92. The van der Waals surface area contributed by atoms with Crippen LogP contribution in [0.5, 0.6) is 0 Å².